The number of anilines is 1. The van der Waals surface area contributed by atoms with Crippen LogP contribution in [0.3, 0.4) is 0 Å². The highest BCUT2D eigenvalue weighted by Crippen LogP contribution is 2.66. The van der Waals surface area contributed by atoms with Crippen LogP contribution in [-0.4, -0.2) is 62.8 Å². The zero-order valence-corrected chi connectivity index (χ0v) is 18.8. The van der Waals surface area contributed by atoms with Gasteiger partial charge in [0.2, 0.25) is 5.95 Å². The van der Waals surface area contributed by atoms with Crippen LogP contribution in [0.5, 0.6) is 0 Å². The number of imidazole rings is 1. The summed E-state index contributed by atoms with van der Waals surface area (Å²) in [6.45, 7) is -0.245. The number of nitrogens with two attached hydrogens (primary N) is 1. The highest BCUT2D eigenvalue weighted by molar-refractivity contribution is 7.66. The van der Waals surface area contributed by atoms with Gasteiger partial charge >= 0.3 is 23.5 Å². The Kier molecular flexibility index (Phi) is 6.76. The molecule has 3 rings (SSSR count). The van der Waals surface area contributed by atoms with Crippen molar-refractivity contribution < 1.29 is 60.6 Å². The smallest absolute Gasteiger partial charge is 0.387 e. The lowest BCUT2D eigenvalue weighted by atomic mass is 10.0. The van der Waals surface area contributed by atoms with Gasteiger partial charge in [0.1, 0.15) is 18.9 Å². The van der Waals surface area contributed by atoms with Crippen molar-refractivity contribution in [1.82, 2.24) is 19.5 Å². The molecule has 1 saturated heterocycles. The van der Waals surface area contributed by atoms with Crippen molar-refractivity contribution in [3.8, 4) is 0 Å². The van der Waals surface area contributed by atoms with Crippen LogP contribution in [0.4, 0.5) is 10.3 Å². The van der Waals surface area contributed by atoms with Gasteiger partial charge in [0.25, 0.3) is 11.4 Å². The molecule has 8 N–H and O–H groups in total. The van der Waals surface area contributed by atoms with Gasteiger partial charge in [0.05, 0.1) is 6.33 Å². The monoisotopic (exact) mass is 539 g/mol. The molecule has 0 spiro atoms. The average molecular weight is 539 g/mol. The largest absolute Gasteiger partial charge is 0.490 e. The third kappa shape index (κ3) is 5.74. The van der Waals surface area contributed by atoms with E-state index in [4.69, 9.17) is 25.2 Å². The van der Waals surface area contributed by atoms with Gasteiger partial charge in [-0.1, -0.05) is 6.92 Å². The molecule has 33 heavy (non-hydrogen) atoms. The zero-order chi connectivity index (χ0) is 25.0. The Labute approximate surface area is 181 Å². The molecule has 0 amide bonds. The fourth-order valence-electron chi connectivity index (χ4n) is 2.96. The summed E-state index contributed by atoms with van der Waals surface area (Å²) in [4.78, 5) is 57.4. The van der Waals surface area contributed by atoms with Gasteiger partial charge < -0.3 is 35.2 Å². The fraction of sp³-hybridized carbons (Fsp3) is 0.545. The standard InChI is InChI=1S/C11H17FN5O13P3/c1-4-6(18)11(12,2-27-32(23,24)30-33(25,26)29-31(20,21)22)28-9(4)17-3-14-5-7(17)15-10(13)16-8(5)19/h3-4,6,9,18H,2H2,1H3,(H,23,24)(H,25,26)(H2,20,21,22)(H3,13,15,16,19). The number of hydrogen-bond donors (Lipinski definition) is 7. The van der Waals surface area contributed by atoms with Gasteiger partial charge in [-0.2, -0.15) is 13.6 Å². The number of halogens is 1. The Balaban J connectivity index is 1.79. The van der Waals surface area contributed by atoms with E-state index in [9.17, 15) is 28.5 Å². The van der Waals surface area contributed by atoms with Crippen molar-refractivity contribution in [2.45, 2.75) is 25.1 Å². The Morgan fingerprint density at radius 2 is 1.91 bits per heavy atom. The second kappa shape index (κ2) is 8.57. The van der Waals surface area contributed by atoms with Crippen LogP contribution >= 0.6 is 23.5 Å². The Morgan fingerprint density at radius 3 is 2.52 bits per heavy atom. The summed E-state index contributed by atoms with van der Waals surface area (Å²) in [5, 5.41) is 10.3. The minimum absolute atomic E-state index is 0.127. The van der Waals surface area contributed by atoms with Crippen LogP contribution in [0.2, 0.25) is 0 Å². The maximum atomic E-state index is 15.3. The number of aromatic amines is 1. The number of phosphoric acid groups is 3. The van der Waals surface area contributed by atoms with E-state index in [-0.39, 0.29) is 17.1 Å². The molecule has 18 nitrogen and oxygen atoms in total. The first-order valence-electron chi connectivity index (χ1n) is 8.48. The normalized spacial score (nSPS) is 29.7. The SMILES string of the molecule is CC1C(n2cnc3c(=O)[nH]c(N)nc32)OC(F)(COP(=O)(O)OP(=O)(O)OP(=O)(O)O)C1O. The van der Waals surface area contributed by atoms with Gasteiger partial charge in [-0.25, -0.2) is 23.1 Å². The van der Waals surface area contributed by atoms with E-state index in [2.05, 4.69) is 28.1 Å². The number of rotatable bonds is 8. The second-order valence-corrected chi connectivity index (χ2v) is 11.2. The summed E-state index contributed by atoms with van der Waals surface area (Å²) in [5.41, 5.74) is 4.47. The topological polar surface area (TPSA) is 279 Å². The van der Waals surface area contributed by atoms with Crippen LogP contribution < -0.4 is 11.3 Å². The second-order valence-electron chi connectivity index (χ2n) is 6.74. The fourth-order valence-corrected chi connectivity index (χ4v) is 5.99. The summed E-state index contributed by atoms with van der Waals surface area (Å²) < 4.78 is 66.5. The van der Waals surface area contributed by atoms with Crippen LogP contribution in [0.1, 0.15) is 13.2 Å². The van der Waals surface area contributed by atoms with Crippen molar-refractivity contribution in [2.24, 2.45) is 5.92 Å². The lowest BCUT2D eigenvalue weighted by Gasteiger charge is -2.24. The number of aliphatic hydroxyl groups is 1. The molecule has 2 aromatic heterocycles. The molecule has 6 unspecified atom stereocenters. The third-order valence-corrected chi connectivity index (χ3v) is 8.05. The van der Waals surface area contributed by atoms with Crippen LogP contribution in [0.15, 0.2) is 11.1 Å². The number of ether oxygens (including phenoxy) is 1. The van der Waals surface area contributed by atoms with Crippen LogP contribution in [0.25, 0.3) is 11.2 Å². The van der Waals surface area contributed by atoms with E-state index in [0.29, 0.717) is 0 Å². The molecule has 0 aliphatic carbocycles. The van der Waals surface area contributed by atoms with Crippen molar-refractivity contribution in [3.63, 3.8) is 0 Å². The number of H-pyrrole nitrogens is 1. The minimum Gasteiger partial charge on any atom is -0.387 e. The quantitative estimate of drug-likeness (QED) is 0.203. The van der Waals surface area contributed by atoms with Crippen LogP contribution in [0, 0.1) is 5.92 Å². The summed E-state index contributed by atoms with van der Waals surface area (Å²) in [6.07, 6.45) is -2.35. The zero-order valence-electron chi connectivity index (χ0n) is 16.2. The van der Waals surface area contributed by atoms with E-state index in [1.54, 1.807) is 0 Å². The number of aromatic nitrogens is 4. The molecule has 1 fully saturated rings. The van der Waals surface area contributed by atoms with Crippen molar-refractivity contribution in [3.05, 3.63) is 16.7 Å². The molecule has 22 heteroatoms. The lowest BCUT2D eigenvalue weighted by Crippen LogP contribution is -2.40. The first-order chi connectivity index (χ1) is 14.9. The first-order valence-corrected chi connectivity index (χ1v) is 13.0. The number of fused-ring (bicyclic) bond motifs is 1. The molecule has 0 saturated carbocycles. The first kappa shape index (κ1) is 26.0. The molecule has 6 atom stereocenters. The molecule has 3 heterocycles. The van der Waals surface area contributed by atoms with E-state index in [1.165, 1.54) is 6.92 Å². The van der Waals surface area contributed by atoms with E-state index in [0.717, 1.165) is 10.9 Å². The van der Waals surface area contributed by atoms with Gasteiger partial charge in [-0.3, -0.25) is 18.9 Å². The minimum atomic E-state index is -5.83. The summed E-state index contributed by atoms with van der Waals surface area (Å²) in [7, 11) is -17.1. The summed E-state index contributed by atoms with van der Waals surface area (Å²) >= 11 is 0. The van der Waals surface area contributed by atoms with Crippen molar-refractivity contribution in [1.29, 1.82) is 0 Å². The molecular formula is C11H17FN5O13P3. The molecular weight excluding hydrogens is 522 g/mol. The molecule has 2 aromatic rings. The maximum absolute atomic E-state index is 15.3. The number of alkyl halides is 1. The van der Waals surface area contributed by atoms with E-state index in [1.807, 2.05) is 0 Å². The molecule has 1 aliphatic heterocycles. The number of hydrogen-bond acceptors (Lipinski definition) is 12. The number of nitrogen functional groups attached to an aromatic ring is 1. The number of nitrogens with one attached hydrogen (secondary N) is 1. The van der Waals surface area contributed by atoms with Crippen molar-refractivity contribution >= 4 is 40.6 Å². The molecule has 186 valence electrons. The molecule has 0 radical (unpaired) electrons. The highest BCUT2D eigenvalue weighted by atomic mass is 31.3. The van der Waals surface area contributed by atoms with Gasteiger partial charge in [0, 0.05) is 5.92 Å². The number of phosphoric ester groups is 1. The summed E-state index contributed by atoms with van der Waals surface area (Å²) in [6, 6.07) is 0. The predicted octanol–water partition coefficient (Wildman–Crippen LogP) is -0.763. The predicted molar refractivity (Wildman–Crippen MR) is 102 cm³/mol. The van der Waals surface area contributed by atoms with Gasteiger partial charge in [-0.05, 0) is 0 Å². The number of nitrogens with zero attached hydrogens (tertiary/aromatic N) is 3. The van der Waals surface area contributed by atoms with Gasteiger partial charge in [0.15, 0.2) is 11.2 Å². The third-order valence-electron chi connectivity index (χ3n) is 4.27. The summed E-state index contributed by atoms with van der Waals surface area (Å²) in [5.74, 6) is -4.60. The molecule has 1 aliphatic rings. The highest BCUT2D eigenvalue weighted by Gasteiger charge is 2.56. The maximum Gasteiger partial charge on any atom is 0.490 e. The van der Waals surface area contributed by atoms with Gasteiger partial charge in [-0.15, -0.1) is 0 Å². The van der Waals surface area contributed by atoms with Crippen molar-refractivity contribution in [2.75, 3.05) is 12.3 Å². The van der Waals surface area contributed by atoms with E-state index < -0.39 is 59.7 Å². The lowest BCUT2D eigenvalue weighted by molar-refractivity contribution is -0.203. The van der Waals surface area contributed by atoms with E-state index >= 15 is 4.39 Å². The Bertz CT molecular complexity index is 1260. The average Bonchev–Trinajstić information content (AvgIpc) is 3.12. The number of aliphatic hydroxyl groups excluding tert-OH is 1. The van der Waals surface area contributed by atoms with Crippen LogP contribution in [-0.2, 0) is 31.6 Å². The molecule has 0 bridgehead atoms. The Morgan fingerprint density at radius 1 is 1.27 bits per heavy atom. The Hall–Kier alpha value is -1.59. The molecule has 0 aromatic carbocycles.